The van der Waals surface area contributed by atoms with E-state index >= 15 is 0 Å². The zero-order chi connectivity index (χ0) is 21.8. The van der Waals surface area contributed by atoms with Gasteiger partial charge in [-0.25, -0.2) is 0 Å². The number of carbonyl (C=O) groups excluding carboxylic acids is 2. The first-order valence-electron chi connectivity index (χ1n) is 11.1. The summed E-state index contributed by atoms with van der Waals surface area (Å²) in [6.45, 7) is 0.563. The molecule has 164 valence electrons. The van der Waals surface area contributed by atoms with Crippen LogP contribution in [0.15, 0.2) is 48.5 Å². The molecule has 3 N–H and O–H groups in total. The summed E-state index contributed by atoms with van der Waals surface area (Å²) in [5, 5.41) is 2.96. The molecule has 31 heavy (non-hydrogen) atoms. The Hall–Kier alpha value is -2.86. The van der Waals surface area contributed by atoms with Gasteiger partial charge in [0.25, 0.3) is 5.91 Å². The van der Waals surface area contributed by atoms with E-state index in [1.165, 1.54) is 0 Å². The lowest BCUT2D eigenvalue weighted by molar-refractivity contribution is -0.136. The molecule has 4 rings (SSSR count). The lowest BCUT2D eigenvalue weighted by atomic mass is 9.90. The zero-order valence-corrected chi connectivity index (χ0v) is 18.0. The van der Waals surface area contributed by atoms with Crippen LogP contribution in [0.25, 0.3) is 0 Å². The van der Waals surface area contributed by atoms with Gasteiger partial charge in [-0.15, -0.1) is 0 Å². The number of nitrogens with two attached hydrogens (primary N) is 1. The summed E-state index contributed by atoms with van der Waals surface area (Å²) in [5.41, 5.74) is 8.29. The maximum Gasteiger partial charge on any atom is 0.259 e. The Bertz CT molecular complexity index is 933. The van der Waals surface area contributed by atoms with Crippen molar-refractivity contribution in [2.24, 2.45) is 11.7 Å². The highest BCUT2D eigenvalue weighted by atomic mass is 16.5. The average Bonchev–Trinajstić information content (AvgIpc) is 3.63. The van der Waals surface area contributed by atoms with Crippen molar-refractivity contribution in [1.29, 1.82) is 0 Å². The van der Waals surface area contributed by atoms with E-state index < -0.39 is 0 Å². The number of ether oxygens (including phenoxy) is 1. The van der Waals surface area contributed by atoms with E-state index in [0.29, 0.717) is 23.5 Å². The number of nitrogens with one attached hydrogen (secondary N) is 1. The second-order valence-corrected chi connectivity index (χ2v) is 8.66. The molecule has 0 atom stereocenters. The molecule has 2 aromatic rings. The molecule has 0 spiro atoms. The van der Waals surface area contributed by atoms with Crippen LogP contribution in [-0.2, 0) is 11.3 Å². The molecule has 2 aliphatic carbocycles. The Kier molecular flexibility index (Phi) is 6.56. The maximum absolute atomic E-state index is 13.0. The zero-order valence-electron chi connectivity index (χ0n) is 18.0. The fourth-order valence-corrected chi connectivity index (χ4v) is 4.34. The molecule has 6 nitrogen and oxygen atoms in total. The number of amides is 2. The topological polar surface area (TPSA) is 84.7 Å². The first-order chi connectivity index (χ1) is 15.0. The molecular weight excluding hydrogens is 390 g/mol. The number of hydrogen-bond acceptors (Lipinski definition) is 4. The van der Waals surface area contributed by atoms with Gasteiger partial charge in [0.1, 0.15) is 5.75 Å². The monoisotopic (exact) mass is 421 g/mol. The van der Waals surface area contributed by atoms with E-state index in [0.717, 1.165) is 44.1 Å². The highest BCUT2D eigenvalue weighted by Crippen LogP contribution is 2.34. The third-order valence-electron chi connectivity index (χ3n) is 6.28. The van der Waals surface area contributed by atoms with E-state index in [2.05, 4.69) is 10.2 Å². The van der Waals surface area contributed by atoms with Crippen molar-refractivity contribution >= 4 is 17.5 Å². The molecule has 0 unspecified atom stereocenters. The number of carbonyl (C=O) groups is 2. The summed E-state index contributed by atoms with van der Waals surface area (Å²) in [7, 11) is 1.55. The van der Waals surface area contributed by atoms with Crippen LogP contribution >= 0.6 is 0 Å². The van der Waals surface area contributed by atoms with Crippen LogP contribution < -0.4 is 15.8 Å². The van der Waals surface area contributed by atoms with Gasteiger partial charge in [-0.05, 0) is 68.4 Å². The minimum atomic E-state index is -0.221. The van der Waals surface area contributed by atoms with Crippen molar-refractivity contribution < 1.29 is 14.3 Å². The number of benzene rings is 2. The number of nitrogens with zero attached hydrogens (tertiary/aromatic N) is 1. The SMILES string of the molecule is COc1ccccc1C(=O)Nc1cccc(CN(C(=O)C2CC2)C2CCC(N)CC2)c1. The average molecular weight is 422 g/mol. The molecule has 2 aromatic carbocycles. The highest BCUT2D eigenvalue weighted by molar-refractivity contribution is 6.06. The molecule has 2 amide bonds. The molecule has 2 saturated carbocycles. The van der Waals surface area contributed by atoms with Gasteiger partial charge in [-0.1, -0.05) is 24.3 Å². The van der Waals surface area contributed by atoms with Crippen molar-refractivity contribution in [1.82, 2.24) is 4.90 Å². The molecule has 0 aromatic heterocycles. The lowest BCUT2D eigenvalue weighted by Gasteiger charge is -2.36. The fourth-order valence-electron chi connectivity index (χ4n) is 4.34. The third kappa shape index (κ3) is 5.25. The molecule has 2 fully saturated rings. The van der Waals surface area contributed by atoms with Crippen molar-refractivity contribution in [2.75, 3.05) is 12.4 Å². The predicted octanol–water partition coefficient (Wildman–Crippen LogP) is 3.96. The molecule has 0 saturated heterocycles. The molecule has 6 heteroatoms. The van der Waals surface area contributed by atoms with Crippen LogP contribution in [0.5, 0.6) is 5.75 Å². The van der Waals surface area contributed by atoms with E-state index in [1.54, 1.807) is 19.2 Å². The van der Waals surface area contributed by atoms with Crippen molar-refractivity contribution in [3.63, 3.8) is 0 Å². The van der Waals surface area contributed by atoms with E-state index in [-0.39, 0.29) is 29.8 Å². The van der Waals surface area contributed by atoms with E-state index in [9.17, 15) is 9.59 Å². The number of para-hydroxylation sites is 1. The van der Waals surface area contributed by atoms with Crippen LogP contribution in [0.2, 0.25) is 0 Å². The molecular formula is C25H31N3O3. The summed E-state index contributed by atoms with van der Waals surface area (Å²) >= 11 is 0. The smallest absolute Gasteiger partial charge is 0.259 e. The normalized spacial score (nSPS) is 20.7. The Morgan fingerprint density at radius 3 is 2.48 bits per heavy atom. The quantitative estimate of drug-likeness (QED) is 0.709. The Morgan fingerprint density at radius 1 is 1.03 bits per heavy atom. The van der Waals surface area contributed by atoms with Crippen LogP contribution in [0.4, 0.5) is 5.69 Å². The number of hydrogen-bond donors (Lipinski definition) is 2. The fraction of sp³-hybridized carbons (Fsp3) is 0.440. The van der Waals surface area contributed by atoms with Crippen LogP contribution in [0.1, 0.15) is 54.4 Å². The summed E-state index contributed by atoms with van der Waals surface area (Å²) < 4.78 is 5.30. The summed E-state index contributed by atoms with van der Waals surface area (Å²) in [5.74, 6) is 0.766. The first kappa shape index (κ1) is 21.4. The van der Waals surface area contributed by atoms with Gasteiger partial charge in [0, 0.05) is 30.2 Å². The Labute approximate surface area is 183 Å². The number of anilines is 1. The van der Waals surface area contributed by atoms with Crippen LogP contribution in [0, 0.1) is 5.92 Å². The highest BCUT2D eigenvalue weighted by Gasteiger charge is 2.37. The third-order valence-corrected chi connectivity index (χ3v) is 6.28. The lowest BCUT2D eigenvalue weighted by Crippen LogP contribution is -2.44. The van der Waals surface area contributed by atoms with Crippen molar-refractivity contribution in [2.45, 2.75) is 57.2 Å². The van der Waals surface area contributed by atoms with Gasteiger partial charge in [0.2, 0.25) is 5.91 Å². The summed E-state index contributed by atoms with van der Waals surface area (Å²) in [4.78, 5) is 27.8. The molecule has 0 bridgehead atoms. The Morgan fingerprint density at radius 2 is 1.77 bits per heavy atom. The molecule has 0 heterocycles. The second-order valence-electron chi connectivity index (χ2n) is 8.66. The van der Waals surface area contributed by atoms with Crippen molar-refractivity contribution in [3.8, 4) is 5.75 Å². The van der Waals surface area contributed by atoms with E-state index in [1.807, 2.05) is 36.4 Å². The second kappa shape index (κ2) is 9.52. The van der Waals surface area contributed by atoms with Crippen LogP contribution in [-0.4, -0.2) is 35.9 Å². The number of methoxy groups -OCH3 is 1. The molecule has 0 radical (unpaired) electrons. The number of rotatable bonds is 7. The minimum Gasteiger partial charge on any atom is -0.496 e. The van der Waals surface area contributed by atoms with Gasteiger partial charge >= 0.3 is 0 Å². The standard InChI is InChI=1S/C25H31N3O3/c1-31-23-8-3-2-7-22(23)24(29)27-20-6-4-5-17(15-20)16-28(25(30)18-9-10-18)21-13-11-19(26)12-14-21/h2-8,15,18-19,21H,9-14,16,26H2,1H3,(H,27,29). The predicted molar refractivity (Wildman–Crippen MR) is 121 cm³/mol. The van der Waals surface area contributed by atoms with Gasteiger partial charge in [0.05, 0.1) is 12.7 Å². The van der Waals surface area contributed by atoms with Crippen LogP contribution in [0.3, 0.4) is 0 Å². The van der Waals surface area contributed by atoms with Crippen molar-refractivity contribution in [3.05, 3.63) is 59.7 Å². The van der Waals surface area contributed by atoms with E-state index in [4.69, 9.17) is 10.5 Å². The summed E-state index contributed by atoms with van der Waals surface area (Å²) in [6, 6.07) is 15.4. The first-order valence-corrected chi connectivity index (χ1v) is 11.1. The maximum atomic E-state index is 13.0. The largest absolute Gasteiger partial charge is 0.496 e. The molecule has 0 aliphatic heterocycles. The minimum absolute atomic E-state index is 0.184. The Balaban J connectivity index is 1.48. The van der Waals surface area contributed by atoms with Gasteiger partial charge < -0.3 is 20.7 Å². The summed E-state index contributed by atoms with van der Waals surface area (Å²) in [6.07, 6.45) is 5.85. The van der Waals surface area contributed by atoms with Gasteiger partial charge in [-0.3, -0.25) is 9.59 Å². The molecule has 2 aliphatic rings. The van der Waals surface area contributed by atoms with Gasteiger partial charge in [0.15, 0.2) is 0 Å². The van der Waals surface area contributed by atoms with Gasteiger partial charge in [-0.2, -0.15) is 0 Å².